The van der Waals surface area contributed by atoms with Crippen LogP contribution in [-0.4, -0.2) is 61.2 Å². The second-order valence-electron chi connectivity index (χ2n) is 12.1. The summed E-state index contributed by atoms with van der Waals surface area (Å²) in [7, 11) is -3.89. The molecule has 13 heteroatoms. The molecule has 0 unspecified atom stereocenters. The quantitative estimate of drug-likeness (QED) is 0.136. The molecular weight excluding hydrogens is 654 g/mol. The van der Waals surface area contributed by atoms with E-state index in [-0.39, 0.29) is 25.1 Å². The number of nitrogens with two attached hydrogens (primary N) is 1. The molecule has 0 saturated carbocycles. The van der Waals surface area contributed by atoms with Crippen molar-refractivity contribution in [2.75, 3.05) is 12.3 Å². The topological polar surface area (TPSA) is 150 Å². The lowest BCUT2D eigenvalue weighted by molar-refractivity contribution is -0.151. The fourth-order valence-electron chi connectivity index (χ4n) is 5.46. The van der Waals surface area contributed by atoms with E-state index in [0.29, 0.717) is 37.8 Å². The van der Waals surface area contributed by atoms with Crippen LogP contribution in [0.2, 0.25) is 0 Å². The highest BCUT2D eigenvalue weighted by atomic mass is 32.2. The van der Waals surface area contributed by atoms with E-state index < -0.39 is 62.7 Å². The van der Waals surface area contributed by atoms with Crippen LogP contribution in [0.15, 0.2) is 67.0 Å². The number of aromatic nitrogens is 1. The number of benzene rings is 2. The number of alkyl carbamates (subject to hydrolysis) is 1. The molecule has 0 radical (unpaired) electrons. The third kappa shape index (κ3) is 13.5. The van der Waals surface area contributed by atoms with Gasteiger partial charge in [-0.25, -0.2) is 26.8 Å². The minimum Gasteiger partial charge on any atom is -0.458 e. The van der Waals surface area contributed by atoms with Gasteiger partial charge in [-0.15, -0.1) is 0 Å². The molecule has 0 fully saturated rings. The second-order valence-corrected chi connectivity index (χ2v) is 14.4. The lowest BCUT2D eigenvalue weighted by atomic mass is 10.0. The summed E-state index contributed by atoms with van der Waals surface area (Å²) in [6, 6.07) is 11.7. The van der Waals surface area contributed by atoms with Gasteiger partial charge in [0, 0.05) is 37.6 Å². The second kappa shape index (κ2) is 19.9. The van der Waals surface area contributed by atoms with Gasteiger partial charge in [-0.05, 0) is 72.2 Å². The fraction of sp³-hybridized carbons (Fsp3) is 0.472. The van der Waals surface area contributed by atoms with E-state index in [1.807, 2.05) is 45.0 Å². The number of hydrogen-bond acceptors (Lipinski definition) is 9. The van der Waals surface area contributed by atoms with Crippen molar-refractivity contribution in [3.63, 3.8) is 0 Å². The van der Waals surface area contributed by atoms with Crippen molar-refractivity contribution in [1.82, 2.24) is 15.6 Å². The molecule has 4 N–H and O–H groups in total. The first kappa shape index (κ1) is 39.5. The van der Waals surface area contributed by atoms with Crippen LogP contribution in [0.4, 0.5) is 13.6 Å². The van der Waals surface area contributed by atoms with Gasteiger partial charge in [0.25, 0.3) is 0 Å². The van der Waals surface area contributed by atoms with Crippen molar-refractivity contribution in [1.29, 1.82) is 0 Å². The number of nitrogens with one attached hydrogen (secondary N) is 2. The molecule has 0 aliphatic rings. The number of hydrogen-bond donors (Lipinski definition) is 3. The zero-order chi connectivity index (χ0) is 35.8. The Balaban J connectivity index is 1.85. The number of ether oxygens (including phenoxy) is 2. The van der Waals surface area contributed by atoms with Gasteiger partial charge in [-0.3, -0.25) is 4.98 Å². The normalized spacial score (nSPS) is 13.4. The molecule has 1 amide bonds. The van der Waals surface area contributed by atoms with E-state index in [0.717, 1.165) is 35.7 Å². The van der Waals surface area contributed by atoms with Gasteiger partial charge >= 0.3 is 12.1 Å². The molecule has 3 atom stereocenters. The molecule has 49 heavy (non-hydrogen) atoms. The molecule has 0 aliphatic heterocycles. The average Bonchev–Trinajstić information content (AvgIpc) is 3.06. The van der Waals surface area contributed by atoms with Crippen molar-refractivity contribution in [2.45, 2.75) is 95.9 Å². The van der Waals surface area contributed by atoms with Crippen LogP contribution in [-0.2, 0) is 50.1 Å². The number of amides is 1. The molecule has 3 rings (SSSR count). The number of nitrogens with zero attached hydrogens (tertiary/aromatic N) is 1. The van der Waals surface area contributed by atoms with E-state index in [2.05, 4.69) is 15.6 Å². The first-order valence-electron chi connectivity index (χ1n) is 16.7. The zero-order valence-corrected chi connectivity index (χ0v) is 29.2. The summed E-state index contributed by atoms with van der Waals surface area (Å²) in [5.41, 5.74) is 9.50. The predicted molar refractivity (Wildman–Crippen MR) is 184 cm³/mol. The zero-order valence-electron chi connectivity index (χ0n) is 28.4. The van der Waals surface area contributed by atoms with E-state index in [1.165, 1.54) is 12.4 Å². The average molecular weight is 703 g/mol. The highest BCUT2D eigenvalue weighted by molar-refractivity contribution is 7.92. The molecule has 0 spiro atoms. The maximum absolute atomic E-state index is 14.0. The Hall–Kier alpha value is -3.94. The Labute approximate surface area is 288 Å². The van der Waals surface area contributed by atoms with Crippen LogP contribution in [0.25, 0.3) is 0 Å². The summed E-state index contributed by atoms with van der Waals surface area (Å²) in [4.78, 5) is 30.6. The molecule has 10 nitrogen and oxygen atoms in total. The Morgan fingerprint density at radius 1 is 0.898 bits per heavy atom. The number of aryl methyl sites for hydroxylation is 1. The maximum atomic E-state index is 14.0. The molecule has 0 saturated heterocycles. The van der Waals surface area contributed by atoms with Gasteiger partial charge in [-0.1, -0.05) is 57.9 Å². The molecule has 2 aromatic carbocycles. The van der Waals surface area contributed by atoms with Crippen LogP contribution >= 0.6 is 0 Å². The molecule has 0 aliphatic carbocycles. The number of esters is 1. The number of carbonyl (C=O) groups excluding carboxylic acids is 2. The summed E-state index contributed by atoms with van der Waals surface area (Å²) in [5.74, 6) is -3.30. The van der Waals surface area contributed by atoms with Crippen molar-refractivity contribution < 1.29 is 36.3 Å². The molecule has 3 aromatic rings. The predicted octanol–water partition coefficient (Wildman–Crippen LogP) is 5.17. The van der Waals surface area contributed by atoms with E-state index >= 15 is 0 Å². The smallest absolute Gasteiger partial charge is 0.408 e. The first-order valence-corrected chi connectivity index (χ1v) is 18.4. The van der Waals surface area contributed by atoms with E-state index in [9.17, 15) is 26.8 Å². The van der Waals surface area contributed by atoms with Gasteiger partial charge < -0.3 is 25.8 Å². The number of rotatable bonds is 20. The van der Waals surface area contributed by atoms with Crippen molar-refractivity contribution in [3.8, 4) is 0 Å². The molecule has 268 valence electrons. The maximum Gasteiger partial charge on any atom is 0.408 e. The summed E-state index contributed by atoms with van der Waals surface area (Å²) in [6.07, 6.45) is 3.78. The van der Waals surface area contributed by atoms with Crippen LogP contribution in [0.5, 0.6) is 0 Å². The third-order valence-corrected chi connectivity index (χ3v) is 10.3. The van der Waals surface area contributed by atoms with E-state index in [4.69, 9.17) is 15.2 Å². The third-order valence-electron chi connectivity index (χ3n) is 8.04. The van der Waals surface area contributed by atoms with E-state index in [1.54, 1.807) is 12.1 Å². The SMILES string of the molecule is CCCC(CCC)S(=O)(=O)C[C@@H](NC(=O)OCc1ccncc1)C(=O)O[C@H](CNCc1cccc(CC)c1)[C@@H](N)Cc1cc(F)cc(F)c1. The number of pyridine rings is 1. The molecule has 1 heterocycles. The number of halogens is 2. The van der Waals surface area contributed by atoms with Crippen LogP contribution in [0.1, 0.15) is 68.7 Å². The fourth-order valence-corrected chi connectivity index (χ4v) is 7.60. The van der Waals surface area contributed by atoms with Gasteiger partial charge in [0.1, 0.15) is 30.4 Å². The van der Waals surface area contributed by atoms with Crippen molar-refractivity contribution in [2.24, 2.45) is 5.73 Å². The number of carbonyl (C=O) groups is 2. The van der Waals surface area contributed by atoms with Gasteiger partial charge in [-0.2, -0.15) is 0 Å². The Morgan fingerprint density at radius 2 is 1.55 bits per heavy atom. The van der Waals surface area contributed by atoms with Crippen molar-refractivity contribution >= 4 is 21.9 Å². The van der Waals surface area contributed by atoms with Crippen LogP contribution in [0.3, 0.4) is 0 Å². The van der Waals surface area contributed by atoms with Crippen LogP contribution < -0.4 is 16.4 Å². The minimum absolute atomic E-state index is 0.0291. The van der Waals surface area contributed by atoms with Gasteiger partial charge in [0.2, 0.25) is 0 Å². The molecular formula is C36H48F2N4O6S. The molecule has 0 bridgehead atoms. The monoisotopic (exact) mass is 702 g/mol. The highest BCUT2D eigenvalue weighted by Crippen LogP contribution is 2.18. The molecule has 1 aromatic heterocycles. The standard InChI is InChI=1S/C36H48F2N4O6S/c1-4-8-31(9-5-2)49(45,46)24-33(42-36(44)47-23-26-12-14-40-15-13-26)35(43)48-34(22-41-21-27-11-7-10-25(6-3)16-27)32(39)19-28-17-29(37)20-30(38)18-28/h7,10-18,20,31-34,41H,4-6,8-9,19,21-24,39H2,1-3H3,(H,42,44)/t32-,33+,34+/m0/s1. The summed E-state index contributed by atoms with van der Waals surface area (Å²) in [6.45, 7) is 6.08. The van der Waals surface area contributed by atoms with Crippen molar-refractivity contribution in [3.05, 3.63) is 101 Å². The number of sulfone groups is 1. The summed E-state index contributed by atoms with van der Waals surface area (Å²) < 4.78 is 66.2. The summed E-state index contributed by atoms with van der Waals surface area (Å²) in [5, 5.41) is 4.91. The highest BCUT2D eigenvalue weighted by Gasteiger charge is 2.35. The lowest BCUT2D eigenvalue weighted by Crippen LogP contribution is -2.52. The lowest BCUT2D eigenvalue weighted by Gasteiger charge is -2.28. The van der Waals surface area contributed by atoms with Gasteiger partial charge in [0.15, 0.2) is 9.84 Å². The largest absolute Gasteiger partial charge is 0.458 e. The van der Waals surface area contributed by atoms with Crippen LogP contribution in [0, 0.1) is 11.6 Å². The van der Waals surface area contributed by atoms with Gasteiger partial charge in [0.05, 0.1) is 11.0 Å². The first-order chi connectivity index (χ1) is 23.4. The summed E-state index contributed by atoms with van der Waals surface area (Å²) >= 11 is 0. The Morgan fingerprint density at radius 3 is 2.18 bits per heavy atom. The minimum atomic E-state index is -3.89. The Kier molecular flexibility index (Phi) is 16.0. The Bertz CT molecular complexity index is 1570.